The zero-order valence-corrected chi connectivity index (χ0v) is 19.4. The number of halogens is 4. The summed E-state index contributed by atoms with van der Waals surface area (Å²) in [4.78, 5) is 19.0. The van der Waals surface area contributed by atoms with Crippen LogP contribution < -0.4 is 4.74 Å². The van der Waals surface area contributed by atoms with Crippen LogP contribution >= 0.6 is 11.6 Å². The number of likely N-dealkylation sites (tertiary alicyclic amines) is 1. The SMILES string of the molecule is COc1ccc(-c2cc(C(F)(F)F)n3nc(C(=O)N4CCCCCC4)c(Cl)c3n2)cc1C(C)O. The Labute approximate surface area is 199 Å². The maximum absolute atomic E-state index is 14.0. The highest BCUT2D eigenvalue weighted by Gasteiger charge is 2.37. The van der Waals surface area contributed by atoms with E-state index in [1.807, 2.05) is 0 Å². The second-order valence-electron chi connectivity index (χ2n) is 8.26. The molecule has 11 heteroatoms. The van der Waals surface area contributed by atoms with Crippen molar-refractivity contribution in [1.29, 1.82) is 0 Å². The predicted molar refractivity (Wildman–Crippen MR) is 120 cm³/mol. The lowest BCUT2D eigenvalue weighted by Gasteiger charge is -2.18. The van der Waals surface area contributed by atoms with E-state index in [0.717, 1.165) is 31.7 Å². The van der Waals surface area contributed by atoms with E-state index in [2.05, 4.69) is 10.1 Å². The molecule has 3 heterocycles. The quantitative estimate of drug-likeness (QED) is 0.540. The second-order valence-corrected chi connectivity index (χ2v) is 8.64. The van der Waals surface area contributed by atoms with Crippen LogP contribution in [0.4, 0.5) is 13.2 Å². The van der Waals surface area contributed by atoms with Crippen LogP contribution in [-0.2, 0) is 6.18 Å². The Kier molecular flexibility index (Phi) is 6.73. The summed E-state index contributed by atoms with van der Waals surface area (Å²) in [6, 6.07) is 5.44. The van der Waals surface area contributed by atoms with Crippen molar-refractivity contribution in [2.75, 3.05) is 20.2 Å². The molecule has 182 valence electrons. The molecule has 34 heavy (non-hydrogen) atoms. The van der Waals surface area contributed by atoms with Gasteiger partial charge in [0.1, 0.15) is 10.8 Å². The zero-order chi connectivity index (χ0) is 24.6. The van der Waals surface area contributed by atoms with Crippen LogP contribution in [0.5, 0.6) is 5.75 Å². The van der Waals surface area contributed by atoms with Crippen molar-refractivity contribution in [3.8, 4) is 17.0 Å². The summed E-state index contributed by atoms with van der Waals surface area (Å²) in [5, 5.41) is 13.8. The zero-order valence-electron chi connectivity index (χ0n) is 18.7. The number of ether oxygens (including phenoxy) is 1. The summed E-state index contributed by atoms with van der Waals surface area (Å²) in [6.07, 6.45) is -2.10. The number of alkyl halides is 3. The molecule has 1 N–H and O–H groups in total. The van der Waals surface area contributed by atoms with E-state index in [0.29, 0.717) is 34.5 Å². The molecule has 0 spiro atoms. The molecular formula is C23H24ClF3N4O3. The first-order chi connectivity index (χ1) is 16.1. The number of aliphatic hydroxyl groups is 1. The number of aromatic nitrogens is 3. The minimum Gasteiger partial charge on any atom is -0.496 e. The molecule has 1 saturated heterocycles. The summed E-state index contributed by atoms with van der Waals surface area (Å²) in [7, 11) is 1.43. The molecule has 3 aromatic rings. The highest BCUT2D eigenvalue weighted by Crippen LogP contribution is 2.36. The molecule has 0 saturated carbocycles. The van der Waals surface area contributed by atoms with Gasteiger partial charge < -0.3 is 14.7 Å². The minimum atomic E-state index is -4.78. The molecule has 2 aromatic heterocycles. The number of methoxy groups -OCH3 is 1. The fourth-order valence-corrected chi connectivity index (χ4v) is 4.36. The van der Waals surface area contributed by atoms with Gasteiger partial charge in [-0.3, -0.25) is 4.79 Å². The Hall–Kier alpha value is -2.85. The van der Waals surface area contributed by atoms with Gasteiger partial charge in [-0.05, 0) is 44.0 Å². The summed E-state index contributed by atoms with van der Waals surface area (Å²) in [5.74, 6) is -0.114. The van der Waals surface area contributed by atoms with Crippen LogP contribution in [-0.4, -0.2) is 50.7 Å². The summed E-state index contributed by atoms with van der Waals surface area (Å²) in [6.45, 7) is 2.53. The van der Waals surface area contributed by atoms with Gasteiger partial charge in [0.25, 0.3) is 5.91 Å². The van der Waals surface area contributed by atoms with Gasteiger partial charge in [-0.1, -0.05) is 24.4 Å². The highest BCUT2D eigenvalue weighted by molar-refractivity contribution is 6.36. The van der Waals surface area contributed by atoms with Crippen molar-refractivity contribution >= 4 is 23.2 Å². The van der Waals surface area contributed by atoms with Crippen LogP contribution in [0, 0.1) is 0 Å². The number of rotatable bonds is 4. The Morgan fingerprint density at radius 1 is 1.18 bits per heavy atom. The first-order valence-electron chi connectivity index (χ1n) is 10.9. The molecule has 1 aromatic carbocycles. The minimum absolute atomic E-state index is 0.0278. The maximum Gasteiger partial charge on any atom is 0.433 e. The Bertz CT molecular complexity index is 1220. The number of carbonyl (C=O) groups is 1. The molecule has 1 aliphatic rings. The standard InChI is InChI=1S/C23H24ClF3N4O3/c1-13(32)15-11-14(7-8-17(15)34-2)16-12-18(23(25,26)27)31-21(28-16)19(24)20(29-31)22(33)30-9-5-3-4-6-10-30/h7-8,11-13,32H,3-6,9-10H2,1-2H3. The number of fused-ring (bicyclic) bond motifs is 1. The van der Waals surface area contributed by atoms with E-state index < -0.39 is 23.9 Å². The fraction of sp³-hybridized carbons (Fsp3) is 0.435. The number of nitrogens with zero attached hydrogens (tertiary/aromatic N) is 4. The lowest BCUT2D eigenvalue weighted by Crippen LogP contribution is -2.32. The van der Waals surface area contributed by atoms with Crippen LogP contribution in [0.1, 0.15) is 60.5 Å². The van der Waals surface area contributed by atoms with Gasteiger partial charge in [-0.15, -0.1) is 0 Å². The monoisotopic (exact) mass is 496 g/mol. The molecule has 1 fully saturated rings. The molecule has 1 aliphatic heterocycles. The molecule has 1 unspecified atom stereocenters. The summed E-state index contributed by atoms with van der Waals surface area (Å²) in [5.41, 5.74) is -0.940. The average molecular weight is 497 g/mol. The number of benzene rings is 1. The van der Waals surface area contributed by atoms with Crippen molar-refractivity contribution in [2.45, 2.75) is 44.9 Å². The van der Waals surface area contributed by atoms with Crippen molar-refractivity contribution in [3.63, 3.8) is 0 Å². The fourth-order valence-electron chi connectivity index (χ4n) is 4.12. The number of hydrogen-bond acceptors (Lipinski definition) is 5. The normalized spacial score (nSPS) is 15.9. The Balaban J connectivity index is 1.87. The van der Waals surface area contributed by atoms with Gasteiger partial charge in [-0.25, -0.2) is 9.50 Å². The number of aliphatic hydroxyl groups excluding tert-OH is 1. The van der Waals surface area contributed by atoms with Gasteiger partial charge in [0.05, 0.1) is 18.9 Å². The molecule has 0 bridgehead atoms. The van der Waals surface area contributed by atoms with E-state index in [-0.39, 0.29) is 22.1 Å². The molecular weight excluding hydrogens is 473 g/mol. The van der Waals surface area contributed by atoms with Crippen molar-refractivity contribution in [3.05, 3.63) is 46.2 Å². The lowest BCUT2D eigenvalue weighted by molar-refractivity contribution is -0.142. The first-order valence-corrected chi connectivity index (χ1v) is 11.3. The number of carbonyl (C=O) groups excluding carboxylic acids is 1. The second kappa shape index (κ2) is 9.42. The number of hydrogen-bond donors (Lipinski definition) is 1. The molecule has 7 nitrogen and oxygen atoms in total. The third-order valence-corrected chi connectivity index (χ3v) is 6.24. The van der Waals surface area contributed by atoms with Crippen LogP contribution in [0.25, 0.3) is 16.9 Å². The van der Waals surface area contributed by atoms with Crippen LogP contribution in [0.2, 0.25) is 5.02 Å². The smallest absolute Gasteiger partial charge is 0.433 e. The molecule has 0 aliphatic carbocycles. The van der Waals surface area contributed by atoms with E-state index >= 15 is 0 Å². The number of amides is 1. The Morgan fingerprint density at radius 2 is 1.85 bits per heavy atom. The van der Waals surface area contributed by atoms with Gasteiger partial charge in [0, 0.05) is 24.2 Å². The van der Waals surface area contributed by atoms with E-state index in [1.54, 1.807) is 11.0 Å². The molecule has 1 atom stereocenters. The first kappa shape index (κ1) is 24.3. The van der Waals surface area contributed by atoms with Crippen molar-refractivity contribution < 1.29 is 27.8 Å². The Morgan fingerprint density at radius 3 is 2.44 bits per heavy atom. The van der Waals surface area contributed by atoms with Gasteiger partial charge in [0.15, 0.2) is 17.0 Å². The van der Waals surface area contributed by atoms with Crippen molar-refractivity contribution in [1.82, 2.24) is 19.5 Å². The van der Waals surface area contributed by atoms with Gasteiger partial charge >= 0.3 is 6.18 Å². The average Bonchev–Trinajstić information content (AvgIpc) is 2.96. The van der Waals surface area contributed by atoms with E-state index in [9.17, 15) is 23.1 Å². The summed E-state index contributed by atoms with van der Waals surface area (Å²) < 4.78 is 47.8. The van der Waals surface area contributed by atoms with Gasteiger partial charge in [0.2, 0.25) is 0 Å². The van der Waals surface area contributed by atoms with E-state index in [4.69, 9.17) is 16.3 Å². The molecule has 4 rings (SSSR count). The van der Waals surface area contributed by atoms with Gasteiger partial charge in [-0.2, -0.15) is 18.3 Å². The van der Waals surface area contributed by atoms with E-state index in [1.165, 1.54) is 26.2 Å². The maximum atomic E-state index is 14.0. The van der Waals surface area contributed by atoms with Crippen LogP contribution in [0.3, 0.4) is 0 Å². The largest absolute Gasteiger partial charge is 0.496 e. The lowest BCUT2D eigenvalue weighted by atomic mass is 10.0. The topological polar surface area (TPSA) is 80.0 Å². The van der Waals surface area contributed by atoms with Crippen LogP contribution in [0.15, 0.2) is 24.3 Å². The molecule has 1 amide bonds. The summed E-state index contributed by atoms with van der Waals surface area (Å²) >= 11 is 6.40. The predicted octanol–water partition coefficient (Wildman–Crippen LogP) is 5.15. The van der Waals surface area contributed by atoms with Crippen molar-refractivity contribution in [2.24, 2.45) is 0 Å². The third-order valence-electron chi connectivity index (χ3n) is 5.89. The third kappa shape index (κ3) is 4.56. The highest BCUT2D eigenvalue weighted by atomic mass is 35.5. The molecule has 0 radical (unpaired) electrons.